The monoisotopic (exact) mass is 416 g/mol. The smallest absolute Gasteiger partial charge is 1.00 e. The van der Waals surface area contributed by atoms with Gasteiger partial charge in [-0.3, -0.25) is 18.7 Å². The van der Waals surface area contributed by atoms with Crippen LogP contribution in [0.1, 0.15) is 53.3 Å². The number of hydrogen-bond donors (Lipinski definition) is 4. The fourth-order valence-electron chi connectivity index (χ4n) is 1.54. The van der Waals surface area contributed by atoms with E-state index in [4.69, 9.17) is 19.3 Å². The Morgan fingerprint density at radius 1 is 0.920 bits per heavy atom. The topological polar surface area (TPSA) is 183 Å². The van der Waals surface area contributed by atoms with E-state index >= 15 is 0 Å². The first-order chi connectivity index (χ1) is 10.8. The van der Waals surface area contributed by atoms with Crippen LogP contribution < -0.4 is 29.6 Å². The Kier molecular flexibility index (Phi) is 17.6. The van der Waals surface area contributed by atoms with Crippen LogP contribution in [0, 0.1) is 0 Å². The number of unbranched alkanes of at least 4 members (excludes halogenated alkanes) is 5. The molecule has 0 spiro atoms. The first-order valence-corrected chi connectivity index (χ1v) is 10.3. The normalized spacial score (nSPS) is 12.3. The summed E-state index contributed by atoms with van der Waals surface area (Å²) in [6.07, 6.45) is 4.98. The van der Waals surface area contributed by atoms with Gasteiger partial charge < -0.3 is 11.6 Å². The van der Waals surface area contributed by atoms with Crippen LogP contribution in [-0.2, 0) is 29.8 Å². The Labute approximate surface area is 171 Å². The van der Waals surface area contributed by atoms with Gasteiger partial charge in [-0.2, -0.15) is 16.8 Å². The predicted molar refractivity (Wildman–Crippen MR) is 86.1 cm³/mol. The van der Waals surface area contributed by atoms with Gasteiger partial charge in [0.2, 0.25) is 0 Å². The van der Waals surface area contributed by atoms with E-state index in [0.717, 1.165) is 12.8 Å². The third kappa shape index (κ3) is 21.7. The van der Waals surface area contributed by atoms with Gasteiger partial charge in [0.05, 0.1) is 12.2 Å². The summed E-state index contributed by atoms with van der Waals surface area (Å²) in [6.45, 7) is 2.14. The van der Waals surface area contributed by atoms with E-state index < -0.39 is 43.8 Å². The average molecular weight is 416 g/mol. The van der Waals surface area contributed by atoms with Crippen LogP contribution in [0.15, 0.2) is 0 Å². The Bertz CT molecular complexity index is 591. The summed E-state index contributed by atoms with van der Waals surface area (Å²) >= 11 is 0. The Balaban J connectivity index is -0.000000173. The van der Waals surface area contributed by atoms with Gasteiger partial charge >= 0.3 is 41.5 Å². The molecule has 0 amide bonds. The first-order valence-electron chi connectivity index (χ1n) is 7.17. The van der Waals surface area contributed by atoms with Crippen molar-refractivity contribution in [2.24, 2.45) is 0 Å². The summed E-state index contributed by atoms with van der Waals surface area (Å²) in [7, 11) is -8.56. The van der Waals surface area contributed by atoms with Crippen LogP contribution in [-0.4, -0.2) is 59.1 Å². The quantitative estimate of drug-likeness (QED) is 0.169. The van der Waals surface area contributed by atoms with E-state index in [9.17, 15) is 26.4 Å². The van der Waals surface area contributed by atoms with Crippen LogP contribution in [0.25, 0.3) is 0 Å². The minimum atomic E-state index is -4.84. The summed E-state index contributed by atoms with van der Waals surface area (Å²) in [4.78, 5) is 20.0. The molecular weight excluding hydrogens is 391 g/mol. The zero-order valence-electron chi connectivity index (χ0n) is 15.3. The molecule has 0 aliphatic heterocycles. The van der Waals surface area contributed by atoms with Crippen molar-refractivity contribution in [3.63, 3.8) is 0 Å². The molecule has 0 rings (SSSR count). The summed E-state index contributed by atoms with van der Waals surface area (Å²) in [5.74, 6) is -3.58. The van der Waals surface area contributed by atoms with Gasteiger partial charge in [-0.1, -0.05) is 39.0 Å². The van der Waals surface area contributed by atoms with Crippen LogP contribution in [0.2, 0.25) is 0 Å². The van der Waals surface area contributed by atoms with Gasteiger partial charge in [-0.05, 0) is 6.42 Å². The summed E-state index contributed by atoms with van der Waals surface area (Å²) in [5.41, 5.74) is 0. The van der Waals surface area contributed by atoms with Crippen molar-refractivity contribution >= 4 is 32.2 Å². The standard InChI is InChI=1S/C8H18O3S.C4H6O7S.Na.H/c1-2-3-4-5-6-7-8-12(9,10)11;5-3(6)1-2(4(7)8)12(9,10)11;;/h2-8H2,1H3,(H,9,10,11);2H,1H2,(H,5,6)(H,7,8)(H,9,10,11);;/q;;+1;-1. The molecule has 10 nitrogen and oxygen atoms in total. The fraction of sp³-hybridized carbons (Fsp3) is 0.833. The van der Waals surface area contributed by atoms with E-state index in [1.165, 1.54) is 19.3 Å². The number of aliphatic carboxylic acids is 2. The predicted octanol–water partition coefficient (Wildman–Crippen LogP) is -1.85. The SMILES string of the molecule is CCCCCCCCS(=O)(=O)O.O=C(O)CC(C(=O)O)S(=O)(=O)O.[H-].[Na+]. The van der Waals surface area contributed by atoms with Crippen LogP contribution in [0.3, 0.4) is 0 Å². The second-order valence-corrected chi connectivity index (χ2v) is 8.16. The van der Waals surface area contributed by atoms with Crippen LogP contribution in [0.4, 0.5) is 0 Å². The third-order valence-electron chi connectivity index (χ3n) is 2.75. The summed E-state index contributed by atoms with van der Waals surface area (Å²) in [5, 5.41) is 13.9. The maximum Gasteiger partial charge on any atom is 1.00 e. The molecule has 0 aromatic heterocycles. The molecule has 0 saturated heterocycles. The van der Waals surface area contributed by atoms with E-state index in [2.05, 4.69) is 6.92 Å². The van der Waals surface area contributed by atoms with Crippen molar-refractivity contribution in [1.82, 2.24) is 0 Å². The van der Waals surface area contributed by atoms with E-state index in [1.54, 1.807) is 0 Å². The maximum absolute atomic E-state index is 10.3. The largest absolute Gasteiger partial charge is 1.00 e. The number of carboxylic acid groups (broad SMARTS) is 2. The minimum Gasteiger partial charge on any atom is -1.00 e. The zero-order chi connectivity index (χ0) is 19.4. The van der Waals surface area contributed by atoms with Crippen LogP contribution >= 0.6 is 0 Å². The first kappa shape index (κ1) is 29.5. The number of carboxylic acids is 2. The van der Waals surface area contributed by atoms with Gasteiger partial charge in [0.15, 0.2) is 5.25 Å². The van der Waals surface area contributed by atoms with Gasteiger partial charge in [-0.15, -0.1) is 0 Å². The van der Waals surface area contributed by atoms with Gasteiger partial charge in [0, 0.05) is 0 Å². The Hall–Kier alpha value is -0.240. The maximum atomic E-state index is 10.3. The van der Waals surface area contributed by atoms with Crippen molar-refractivity contribution in [2.75, 3.05) is 5.75 Å². The van der Waals surface area contributed by atoms with Gasteiger partial charge in [0.1, 0.15) is 0 Å². The van der Waals surface area contributed by atoms with Gasteiger partial charge in [0.25, 0.3) is 20.2 Å². The van der Waals surface area contributed by atoms with Crippen LogP contribution in [0.5, 0.6) is 0 Å². The molecule has 1 atom stereocenters. The number of hydrogen-bond acceptors (Lipinski definition) is 6. The molecule has 0 bridgehead atoms. The van der Waals surface area contributed by atoms with E-state index in [-0.39, 0.29) is 36.7 Å². The summed E-state index contributed by atoms with van der Waals surface area (Å²) < 4.78 is 57.6. The molecule has 25 heavy (non-hydrogen) atoms. The number of carbonyl (C=O) groups is 2. The minimum absolute atomic E-state index is 0. The Morgan fingerprint density at radius 3 is 1.64 bits per heavy atom. The van der Waals surface area contributed by atoms with Crippen molar-refractivity contribution in [2.45, 2.75) is 57.1 Å². The second-order valence-electron chi connectivity index (χ2n) is 4.99. The molecule has 0 aromatic carbocycles. The van der Waals surface area contributed by atoms with Crippen molar-refractivity contribution in [3.8, 4) is 0 Å². The van der Waals surface area contributed by atoms with Crippen molar-refractivity contribution in [1.29, 1.82) is 0 Å². The van der Waals surface area contributed by atoms with E-state index in [0.29, 0.717) is 6.42 Å². The van der Waals surface area contributed by atoms with Crippen molar-refractivity contribution < 1.29 is 76.7 Å². The zero-order valence-corrected chi connectivity index (χ0v) is 17.9. The molecule has 13 heteroatoms. The van der Waals surface area contributed by atoms with Gasteiger partial charge in [-0.25, -0.2) is 0 Å². The molecule has 0 aliphatic rings. The molecule has 0 aromatic rings. The fourth-order valence-corrected chi connectivity index (χ4v) is 2.72. The van der Waals surface area contributed by atoms with Crippen molar-refractivity contribution in [3.05, 3.63) is 0 Å². The van der Waals surface area contributed by atoms with E-state index in [1.807, 2.05) is 0 Å². The third-order valence-corrected chi connectivity index (χ3v) is 4.64. The Morgan fingerprint density at radius 2 is 1.36 bits per heavy atom. The molecule has 0 fully saturated rings. The molecule has 146 valence electrons. The number of rotatable bonds is 11. The molecule has 0 radical (unpaired) electrons. The molecular formula is C12H25NaO10S2. The molecule has 4 N–H and O–H groups in total. The molecule has 1 unspecified atom stereocenters. The molecule has 0 saturated carbocycles. The summed E-state index contributed by atoms with van der Waals surface area (Å²) in [6, 6.07) is 0. The molecule has 0 heterocycles. The second kappa shape index (κ2) is 14.9. The molecule has 0 aliphatic carbocycles. The average Bonchev–Trinajstić information content (AvgIpc) is 2.38.